The summed E-state index contributed by atoms with van der Waals surface area (Å²) in [5, 5.41) is 6.80. The summed E-state index contributed by atoms with van der Waals surface area (Å²) in [6, 6.07) is 4.05. The van der Waals surface area contributed by atoms with Crippen molar-refractivity contribution in [2.45, 2.75) is 31.1 Å². The quantitative estimate of drug-likeness (QED) is 0.355. The maximum atomic E-state index is 5.45. The molecule has 0 bridgehead atoms. The Labute approximate surface area is 172 Å². The van der Waals surface area contributed by atoms with Crippen molar-refractivity contribution in [3.63, 3.8) is 0 Å². The van der Waals surface area contributed by atoms with Gasteiger partial charge in [-0.3, -0.25) is 4.99 Å². The highest BCUT2D eigenvalue weighted by atomic mass is 127. The van der Waals surface area contributed by atoms with Crippen molar-refractivity contribution in [3.8, 4) is 11.5 Å². The normalized spacial score (nSPS) is 22.2. The zero-order chi connectivity index (χ0) is 16.3. The van der Waals surface area contributed by atoms with Crippen LogP contribution in [0.15, 0.2) is 21.6 Å². The first-order valence-electron chi connectivity index (χ1n) is 7.76. The van der Waals surface area contributed by atoms with Crippen molar-refractivity contribution in [2.75, 3.05) is 26.1 Å². The molecule has 0 spiro atoms. The van der Waals surface area contributed by atoms with E-state index in [0.29, 0.717) is 11.3 Å². The summed E-state index contributed by atoms with van der Waals surface area (Å²) in [6.45, 7) is 4.21. The monoisotopic (exact) mass is 527 g/mol. The zero-order valence-electron chi connectivity index (χ0n) is 13.9. The highest BCUT2D eigenvalue weighted by Crippen LogP contribution is 2.40. The van der Waals surface area contributed by atoms with Gasteiger partial charge in [-0.25, -0.2) is 0 Å². The number of nitrogens with zero attached hydrogens (tertiary/aromatic N) is 1. The minimum atomic E-state index is 0. The maximum Gasteiger partial charge on any atom is 0.231 e. The van der Waals surface area contributed by atoms with E-state index in [9.17, 15) is 0 Å². The van der Waals surface area contributed by atoms with Gasteiger partial charge in [0.15, 0.2) is 17.5 Å². The van der Waals surface area contributed by atoms with Crippen molar-refractivity contribution in [2.24, 2.45) is 4.99 Å². The molecule has 2 aliphatic heterocycles. The Bertz CT molecular complexity index is 609. The molecule has 0 radical (unpaired) electrons. The van der Waals surface area contributed by atoms with Gasteiger partial charge in [-0.05, 0) is 59.1 Å². The van der Waals surface area contributed by atoms with E-state index >= 15 is 0 Å². The zero-order valence-corrected chi connectivity index (χ0v) is 18.6. The third kappa shape index (κ3) is 4.85. The lowest BCUT2D eigenvalue weighted by atomic mass is 10.1. The Kier molecular flexibility index (Phi) is 7.36. The Morgan fingerprint density at radius 2 is 2.21 bits per heavy atom. The number of benzene rings is 1. The number of thioether (sulfide) groups is 1. The van der Waals surface area contributed by atoms with E-state index in [1.54, 1.807) is 7.05 Å². The first-order chi connectivity index (χ1) is 11.1. The van der Waals surface area contributed by atoms with Crippen LogP contribution in [0, 0.1) is 0 Å². The summed E-state index contributed by atoms with van der Waals surface area (Å²) in [6.07, 6.45) is 2.57. The predicted octanol–water partition coefficient (Wildman–Crippen LogP) is 3.75. The van der Waals surface area contributed by atoms with Gasteiger partial charge in [-0.15, -0.1) is 24.0 Å². The number of fused-ring (bicyclic) bond motifs is 1. The minimum absolute atomic E-state index is 0. The molecule has 0 amide bonds. The van der Waals surface area contributed by atoms with Gasteiger partial charge in [0.1, 0.15) is 0 Å². The molecule has 1 unspecified atom stereocenters. The standard InChI is InChI=1S/C16H22BrN3O2S.HI/c1-16(4-3-5-23-16)9-20-15(18-2)19-8-11-6-12(17)14-13(7-11)21-10-22-14;/h6-7H,3-5,8-10H2,1-2H3,(H2,18,19,20);1H. The summed E-state index contributed by atoms with van der Waals surface area (Å²) in [5.74, 6) is 3.65. The van der Waals surface area contributed by atoms with Gasteiger partial charge >= 0.3 is 0 Å². The van der Waals surface area contributed by atoms with E-state index in [2.05, 4.69) is 38.5 Å². The van der Waals surface area contributed by atoms with Crippen LogP contribution in [0.5, 0.6) is 11.5 Å². The molecule has 3 rings (SSSR count). The van der Waals surface area contributed by atoms with Crippen LogP contribution in [0.25, 0.3) is 0 Å². The third-order valence-electron chi connectivity index (χ3n) is 4.10. The molecule has 1 aromatic carbocycles. The summed E-state index contributed by atoms with van der Waals surface area (Å²) in [7, 11) is 1.80. The van der Waals surface area contributed by atoms with Gasteiger partial charge in [0.25, 0.3) is 0 Å². The highest BCUT2D eigenvalue weighted by molar-refractivity contribution is 14.0. The summed E-state index contributed by atoms with van der Waals surface area (Å²) in [4.78, 5) is 4.31. The van der Waals surface area contributed by atoms with Crippen molar-refractivity contribution in [1.82, 2.24) is 10.6 Å². The van der Waals surface area contributed by atoms with Crippen molar-refractivity contribution < 1.29 is 9.47 Å². The van der Waals surface area contributed by atoms with Gasteiger partial charge < -0.3 is 20.1 Å². The second-order valence-electron chi connectivity index (χ2n) is 5.99. The van der Waals surface area contributed by atoms with E-state index in [0.717, 1.165) is 34.0 Å². The molecule has 1 aromatic rings. The van der Waals surface area contributed by atoms with E-state index in [1.165, 1.54) is 18.6 Å². The SMILES string of the molecule is CN=C(NCc1cc(Br)c2c(c1)OCO2)NCC1(C)CCCS1.I. The third-order valence-corrected chi connectivity index (χ3v) is 6.23. The Morgan fingerprint density at radius 1 is 1.38 bits per heavy atom. The second kappa shape index (κ2) is 8.84. The second-order valence-corrected chi connectivity index (χ2v) is 8.53. The number of guanidine groups is 1. The molecule has 0 aromatic heterocycles. The fraction of sp³-hybridized carbons (Fsp3) is 0.562. The molecule has 1 saturated heterocycles. The summed E-state index contributed by atoms with van der Waals surface area (Å²) in [5.41, 5.74) is 1.12. The van der Waals surface area contributed by atoms with E-state index in [-0.39, 0.29) is 30.8 Å². The Balaban J connectivity index is 0.00000208. The van der Waals surface area contributed by atoms with Gasteiger partial charge in [0.2, 0.25) is 6.79 Å². The molecule has 1 fully saturated rings. The van der Waals surface area contributed by atoms with Crippen LogP contribution in [0.1, 0.15) is 25.3 Å². The number of nitrogens with one attached hydrogen (secondary N) is 2. The van der Waals surface area contributed by atoms with Gasteiger partial charge in [-0.2, -0.15) is 11.8 Å². The topological polar surface area (TPSA) is 54.9 Å². The van der Waals surface area contributed by atoms with Crippen LogP contribution in [0.3, 0.4) is 0 Å². The fourth-order valence-electron chi connectivity index (χ4n) is 2.78. The molecular formula is C16H23BrIN3O2S. The van der Waals surface area contributed by atoms with Crippen LogP contribution in [0.4, 0.5) is 0 Å². The van der Waals surface area contributed by atoms with E-state index in [4.69, 9.17) is 9.47 Å². The van der Waals surface area contributed by atoms with E-state index in [1.807, 2.05) is 23.9 Å². The first kappa shape index (κ1) is 20.0. The van der Waals surface area contributed by atoms with Gasteiger partial charge in [0.05, 0.1) is 4.47 Å². The lowest BCUT2D eigenvalue weighted by Gasteiger charge is -2.24. The molecular weight excluding hydrogens is 505 g/mol. The molecule has 24 heavy (non-hydrogen) atoms. The number of aliphatic imine (C=N–C) groups is 1. The van der Waals surface area contributed by atoms with E-state index < -0.39 is 0 Å². The number of hydrogen-bond acceptors (Lipinski definition) is 4. The molecule has 5 nitrogen and oxygen atoms in total. The molecule has 2 heterocycles. The highest BCUT2D eigenvalue weighted by Gasteiger charge is 2.29. The number of ether oxygens (including phenoxy) is 2. The van der Waals surface area contributed by atoms with Crippen LogP contribution in [-0.2, 0) is 6.54 Å². The number of hydrogen-bond donors (Lipinski definition) is 2. The predicted molar refractivity (Wildman–Crippen MR) is 114 cm³/mol. The Hall–Kier alpha value is -0.350. The fourth-order valence-corrected chi connectivity index (χ4v) is 4.62. The van der Waals surface area contributed by atoms with Crippen LogP contribution < -0.4 is 20.1 Å². The molecule has 134 valence electrons. The summed E-state index contributed by atoms with van der Waals surface area (Å²) < 4.78 is 12.1. The average Bonchev–Trinajstić information content (AvgIpc) is 3.17. The van der Waals surface area contributed by atoms with Gasteiger partial charge in [0, 0.05) is 24.9 Å². The smallest absolute Gasteiger partial charge is 0.231 e. The largest absolute Gasteiger partial charge is 0.454 e. The molecule has 2 aliphatic rings. The Morgan fingerprint density at radius 3 is 2.92 bits per heavy atom. The number of halogens is 2. The van der Waals surface area contributed by atoms with Crippen molar-refractivity contribution in [3.05, 3.63) is 22.2 Å². The van der Waals surface area contributed by atoms with Crippen LogP contribution in [0.2, 0.25) is 0 Å². The van der Waals surface area contributed by atoms with Crippen molar-refractivity contribution >= 4 is 57.6 Å². The summed E-state index contributed by atoms with van der Waals surface area (Å²) >= 11 is 5.57. The van der Waals surface area contributed by atoms with Gasteiger partial charge in [-0.1, -0.05) is 0 Å². The molecule has 1 atom stereocenters. The van der Waals surface area contributed by atoms with Crippen LogP contribution >= 0.6 is 51.7 Å². The lowest BCUT2D eigenvalue weighted by molar-refractivity contribution is 0.173. The first-order valence-corrected chi connectivity index (χ1v) is 9.54. The lowest BCUT2D eigenvalue weighted by Crippen LogP contribution is -2.43. The molecule has 0 saturated carbocycles. The minimum Gasteiger partial charge on any atom is -0.454 e. The van der Waals surface area contributed by atoms with Crippen LogP contribution in [-0.4, -0.2) is 36.8 Å². The van der Waals surface area contributed by atoms with Crippen molar-refractivity contribution in [1.29, 1.82) is 0 Å². The molecule has 8 heteroatoms. The number of rotatable bonds is 4. The average molecular weight is 528 g/mol. The molecule has 0 aliphatic carbocycles. The maximum absolute atomic E-state index is 5.45. The molecule has 2 N–H and O–H groups in total.